The van der Waals surface area contributed by atoms with Crippen LogP contribution in [0.3, 0.4) is 0 Å². The van der Waals surface area contributed by atoms with Crippen molar-refractivity contribution in [2.75, 3.05) is 19.0 Å². The highest BCUT2D eigenvalue weighted by atomic mass is 32.1. The molecule has 4 aromatic rings. The first-order chi connectivity index (χ1) is 13.9. The fourth-order valence-corrected chi connectivity index (χ4v) is 4.77. The molecule has 150 valence electrons. The second-order valence-corrected chi connectivity index (χ2v) is 9.10. The molecule has 1 unspecified atom stereocenters. The molecule has 4 heterocycles. The molecule has 0 aromatic carbocycles. The summed E-state index contributed by atoms with van der Waals surface area (Å²) in [6.45, 7) is 4.00. The highest BCUT2D eigenvalue weighted by molar-refractivity contribution is 7.29. The van der Waals surface area contributed by atoms with Crippen LogP contribution < -0.4 is 10.2 Å². The van der Waals surface area contributed by atoms with Gasteiger partial charge < -0.3 is 14.7 Å². The summed E-state index contributed by atoms with van der Waals surface area (Å²) in [5.74, 6) is 0.754. The number of hydrogen-bond donors (Lipinski definition) is 1. The quantitative estimate of drug-likeness (QED) is 0.496. The van der Waals surface area contributed by atoms with Gasteiger partial charge >= 0.3 is 0 Å². The number of carbonyl (C=O) groups excluding carboxylic acids is 1. The second-order valence-electron chi connectivity index (χ2n) is 7.06. The van der Waals surface area contributed by atoms with E-state index < -0.39 is 6.04 Å². The van der Waals surface area contributed by atoms with Gasteiger partial charge in [-0.05, 0) is 24.1 Å². The van der Waals surface area contributed by atoms with Crippen molar-refractivity contribution in [3.05, 3.63) is 41.4 Å². The fraction of sp³-hybridized carbons (Fsp3) is 0.316. The van der Waals surface area contributed by atoms with E-state index in [1.54, 1.807) is 23.7 Å². The number of nitrogens with one attached hydrogen (secondary N) is 1. The van der Waals surface area contributed by atoms with Crippen molar-refractivity contribution in [1.29, 1.82) is 0 Å². The van der Waals surface area contributed by atoms with E-state index in [0.29, 0.717) is 16.6 Å². The Hall–Kier alpha value is -2.85. The van der Waals surface area contributed by atoms with E-state index in [4.69, 9.17) is 4.52 Å². The van der Waals surface area contributed by atoms with Crippen LogP contribution in [0.15, 0.2) is 35.1 Å². The van der Waals surface area contributed by atoms with Gasteiger partial charge in [-0.2, -0.15) is 4.98 Å². The van der Waals surface area contributed by atoms with Crippen molar-refractivity contribution in [2.45, 2.75) is 19.9 Å². The molecule has 8 nitrogen and oxygen atoms in total. The molecule has 0 saturated carbocycles. The normalized spacial score (nSPS) is 12.4. The zero-order valence-electron chi connectivity index (χ0n) is 16.4. The Kier molecular flexibility index (Phi) is 5.29. The molecule has 0 aliphatic rings. The summed E-state index contributed by atoms with van der Waals surface area (Å²) in [4.78, 5) is 29.3. The first-order valence-electron chi connectivity index (χ1n) is 9.05. The average molecular weight is 429 g/mol. The van der Waals surface area contributed by atoms with Gasteiger partial charge in [0.05, 0.1) is 9.58 Å². The van der Waals surface area contributed by atoms with Crippen LogP contribution in [0.4, 0.5) is 5.13 Å². The minimum atomic E-state index is -0.393. The van der Waals surface area contributed by atoms with Gasteiger partial charge in [0.2, 0.25) is 11.7 Å². The van der Waals surface area contributed by atoms with E-state index in [9.17, 15) is 4.79 Å². The molecule has 0 aliphatic heterocycles. The molecule has 0 aliphatic carbocycles. The largest absolute Gasteiger partial charge is 0.354 e. The number of thiophene rings is 1. The number of hydrogen-bond acceptors (Lipinski definition) is 9. The Bertz CT molecular complexity index is 1100. The number of nitrogens with zero attached hydrogens (tertiary/aromatic N) is 5. The second kappa shape index (κ2) is 7.88. The lowest BCUT2D eigenvalue weighted by Crippen LogP contribution is -2.31. The van der Waals surface area contributed by atoms with Crippen molar-refractivity contribution < 1.29 is 9.32 Å². The molecule has 29 heavy (non-hydrogen) atoms. The molecular weight excluding hydrogens is 408 g/mol. The molecule has 1 atom stereocenters. The summed E-state index contributed by atoms with van der Waals surface area (Å²) in [6.07, 6.45) is 3.34. The first kappa shape index (κ1) is 19.5. The van der Waals surface area contributed by atoms with E-state index in [1.165, 1.54) is 11.3 Å². The van der Waals surface area contributed by atoms with Crippen LogP contribution in [0.2, 0.25) is 0 Å². The molecule has 0 fully saturated rings. The Morgan fingerprint density at radius 2 is 1.93 bits per heavy atom. The maximum Gasteiger partial charge on any atom is 0.262 e. The molecule has 0 saturated heterocycles. The van der Waals surface area contributed by atoms with Crippen LogP contribution in [0.1, 0.15) is 35.5 Å². The molecular formula is C19H20N6O2S2. The van der Waals surface area contributed by atoms with E-state index in [1.807, 2.05) is 51.0 Å². The Balaban J connectivity index is 1.55. The Morgan fingerprint density at radius 1 is 1.17 bits per heavy atom. The summed E-state index contributed by atoms with van der Waals surface area (Å²) in [5.41, 5.74) is 0.810. The van der Waals surface area contributed by atoms with Crippen molar-refractivity contribution in [3.63, 3.8) is 0 Å². The molecule has 0 radical (unpaired) electrons. The van der Waals surface area contributed by atoms with Gasteiger partial charge in [-0.1, -0.05) is 30.3 Å². The van der Waals surface area contributed by atoms with Gasteiger partial charge in [-0.3, -0.25) is 9.78 Å². The van der Waals surface area contributed by atoms with Crippen LogP contribution in [-0.2, 0) is 0 Å². The van der Waals surface area contributed by atoms with E-state index >= 15 is 0 Å². The fourth-order valence-electron chi connectivity index (χ4n) is 2.73. The Morgan fingerprint density at radius 3 is 2.59 bits per heavy atom. The summed E-state index contributed by atoms with van der Waals surface area (Å²) < 4.78 is 6.46. The van der Waals surface area contributed by atoms with Gasteiger partial charge in [0.25, 0.3) is 5.91 Å². The zero-order chi connectivity index (χ0) is 20.5. The number of anilines is 1. The third kappa shape index (κ3) is 3.99. The number of thiazole rings is 1. The number of rotatable bonds is 6. The van der Waals surface area contributed by atoms with Crippen LogP contribution >= 0.6 is 22.7 Å². The van der Waals surface area contributed by atoms with Crippen LogP contribution in [0, 0.1) is 5.92 Å². The van der Waals surface area contributed by atoms with Gasteiger partial charge in [0, 0.05) is 32.1 Å². The number of amides is 1. The van der Waals surface area contributed by atoms with Crippen LogP contribution in [0.5, 0.6) is 0 Å². The molecule has 0 bridgehead atoms. The molecule has 4 aromatic heterocycles. The third-order valence-corrected chi connectivity index (χ3v) is 6.61. The maximum atomic E-state index is 12.9. The third-order valence-electron chi connectivity index (χ3n) is 4.28. The topological polar surface area (TPSA) is 97.0 Å². The van der Waals surface area contributed by atoms with Crippen molar-refractivity contribution >= 4 is 43.2 Å². The zero-order valence-corrected chi connectivity index (χ0v) is 18.0. The van der Waals surface area contributed by atoms with Crippen molar-refractivity contribution in [1.82, 2.24) is 25.4 Å². The number of pyridine rings is 1. The summed E-state index contributed by atoms with van der Waals surface area (Å²) in [5, 5.41) is 8.00. The molecule has 1 amide bonds. The van der Waals surface area contributed by atoms with Crippen LogP contribution in [0.25, 0.3) is 20.9 Å². The lowest BCUT2D eigenvalue weighted by Gasteiger charge is -2.17. The SMILES string of the molecule is CC(C)C(NC(=O)c1cc2sc(N(C)C)nc2s1)c1nc(-c2ccncc2)no1. The molecule has 10 heteroatoms. The predicted molar refractivity (Wildman–Crippen MR) is 114 cm³/mol. The minimum Gasteiger partial charge on any atom is -0.354 e. The lowest BCUT2D eigenvalue weighted by atomic mass is 10.0. The molecule has 0 spiro atoms. The molecule has 1 N–H and O–H groups in total. The number of carbonyl (C=O) groups is 1. The number of fused-ring (bicyclic) bond motifs is 1. The van der Waals surface area contributed by atoms with E-state index in [-0.39, 0.29) is 11.8 Å². The van der Waals surface area contributed by atoms with Gasteiger partial charge in [0.1, 0.15) is 10.9 Å². The van der Waals surface area contributed by atoms with E-state index in [0.717, 1.165) is 20.2 Å². The minimum absolute atomic E-state index is 0.0734. The van der Waals surface area contributed by atoms with Crippen LogP contribution in [-0.4, -0.2) is 40.1 Å². The van der Waals surface area contributed by atoms with Crippen molar-refractivity contribution in [3.8, 4) is 11.4 Å². The summed E-state index contributed by atoms with van der Waals surface area (Å²) >= 11 is 2.95. The average Bonchev–Trinajstić information content (AvgIpc) is 3.40. The summed E-state index contributed by atoms with van der Waals surface area (Å²) in [6, 6.07) is 5.11. The predicted octanol–water partition coefficient (Wildman–Crippen LogP) is 4.00. The lowest BCUT2D eigenvalue weighted by molar-refractivity contribution is 0.0918. The maximum absolute atomic E-state index is 12.9. The molecule has 4 rings (SSSR count). The Labute approximate surface area is 175 Å². The monoisotopic (exact) mass is 428 g/mol. The first-order valence-corrected chi connectivity index (χ1v) is 10.7. The van der Waals surface area contributed by atoms with Gasteiger partial charge in [0.15, 0.2) is 5.13 Å². The highest BCUT2D eigenvalue weighted by Crippen LogP contribution is 2.34. The standard InChI is InChI=1S/C19H20N6O2S2/c1-10(2)14(17-22-15(24-27-17)11-5-7-20-8-6-11)21-16(26)12-9-13-18(28-12)23-19(29-13)25(3)4/h5-10,14H,1-4H3,(H,21,26). The van der Waals surface area contributed by atoms with Gasteiger partial charge in [-0.15, -0.1) is 11.3 Å². The van der Waals surface area contributed by atoms with Gasteiger partial charge in [-0.25, -0.2) is 4.98 Å². The van der Waals surface area contributed by atoms with E-state index in [2.05, 4.69) is 25.4 Å². The summed E-state index contributed by atoms with van der Waals surface area (Å²) in [7, 11) is 3.90. The number of aromatic nitrogens is 4. The smallest absolute Gasteiger partial charge is 0.262 e. The highest BCUT2D eigenvalue weighted by Gasteiger charge is 2.26. The van der Waals surface area contributed by atoms with Crippen molar-refractivity contribution in [2.24, 2.45) is 5.92 Å².